The molecule has 4 rings (SSSR count). The van der Waals surface area contributed by atoms with Gasteiger partial charge in [0, 0.05) is 5.92 Å². The number of aliphatic hydroxyl groups is 4. The first-order chi connectivity index (χ1) is 16.8. The van der Waals surface area contributed by atoms with Crippen LogP contribution in [0.5, 0.6) is 0 Å². The quantitative estimate of drug-likeness (QED) is 0.285. The monoisotopic (exact) mass is 532 g/mol. The molecule has 0 aliphatic heterocycles. The summed E-state index contributed by atoms with van der Waals surface area (Å²) < 4.78 is 34.9. The van der Waals surface area contributed by atoms with Gasteiger partial charge in [0.25, 0.3) is 0 Å². The number of aliphatic hydroxyl groups excluding tert-OH is 4. The fourth-order valence-electron chi connectivity index (χ4n) is 9.49. The van der Waals surface area contributed by atoms with Crippen molar-refractivity contribution in [3.05, 3.63) is 0 Å². The van der Waals surface area contributed by atoms with Crippen molar-refractivity contribution in [3.63, 3.8) is 0 Å². The Bertz CT molecular complexity index is 866. The molecule has 0 aromatic carbocycles. The number of hydrogen-bond acceptors (Lipinski definition) is 7. The zero-order valence-corrected chi connectivity index (χ0v) is 22.9. The third-order valence-electron chi connectivity index (χ3n) is 11.6. The molecule has 5 N–H and O–H groups in total. The molecule has 4 aliphatic carbocycles. The van der Waals surface area contributed by atoms with Crippen molar-refractivity contribution >= 4 is 10.4 Å². The predicted octanol–water partition coefficient (Wildman–Crippen LogP) is 3.18. The molecule has 0 saturated heterocycles. The summed E-state index contributed by atoms with van der Waals surface area (Å²) in [6.07, 6.45) is 7.85. The van der Waals surface area contributed by atoms with Gasteiger partial charge in [-0.25, -0.2) is 4.18 Å². The molecule has 36 heavy (non-hydrogen) atoms. The molecule has 8 nitrogen and oxygen atoms in total. The summed E-state index contributed by atoms with van der Waals surface area (Å²) >= 11 is 0. The highest BCUT2D eigenvalue weighted by molar-refractivity contribution is 7.80. The Kier molecular flexibility index (Phi) is 8.53. The van der Waals surface area contributed by atoms with E-state index in [-0.39, 0.29) is 29.0 Å². The molecule has 0 amide bonds. The van der Waals surface area contributed by atoms with E-state index in [0.29, 0.717) is 42.4 Å². The fourth-order valence-corrected chi connectivity index (χ4v) is 9.84. The summed E-state index contributed by atoms with van der Waals surface area (Å²) in [7, 11) is -4.62. The molecule has 12 atom stereocenters. The Morgan fingerprint density at radius 3 is 2.39 bits per heavy atom. The summed E-state index contributed by atoms with van der Waals surface area (Å²) in [5, 5.41) is 42.1. The lowest BCUT2D eigenvalue weighted by atomic mass is 9.43. The maximum atomic E-state index is 11.7. The number of rotatable bonds is 9. The highest BCUT2D eigenvalue weighted by Crippen LogP contribution is 2.68. The van der Waals surface area contributed by atoms with Gasteiger partial charge >= 0.3 is 10.4 Å². The van der Waals surface area contributed by atoms with Crippen LogP contribution in [0.2, 0.25) is 0 Å². The minimum Gasteiger partial charge on any atom is -0.396 e. The number of hydrogen-bond donors (Lipinski definition) is 5. The fraction of sp³-hybridized carbons (Fsp3) is 1.00. The third kappa shape index (κ3) is 5.27. The summed E-state index contributed by atoms with van der Waals surface area (Å²) in [4.78, 5) is 0. The Balaban J connectivity index is 1.41. The van der Waals surface area contributed by atoms with Crippen LogP contribution in [0, 0.1) is 52.3 Å². The smallest absolute Gasteiger partial charge is 0.396 e. The average molecular weight is 533 g/mol. The maximum Gasteiger partial charge on any atom is 0.397 e. The molecule has 0 unspecified atom stereocenters. The van der Waals surface area contributed by atoms with Gasteiger partial charge in [0.1, 0.15) is 0 Å². The van der Waals surface area contributed by atoms with E-state index >= 15 is 0 Å². The van der Waals surface area contributed by atoms with E-state index in [1.807, 2.05) is 0 Å². The summed E-state index contributed by atoms with van der Waals surface area (Å²) in [6, 6.07) is 0. The van der Waals surface area contributed by atoms with Gasteiger partial charge in [-0.3, -0.25) is 4.55 Å². The first-order valence-electron chi connectivity index (χ1n) is 14.1. The standard InChI is InChI=1S/C27H48O8S/c1-16(4-9-24(30)17(14-28)15-35-36(32,33)34)21-7-8-22-20-6-5-18-12-19(29)10-11-26(18,2)23(20)13-25(31)27(21,22)3/h16-25,28-31H,4-15H2,1-3H3,(H,32,33,34)/t16-,17-,18-,19-,20+,21-,22+,23+,24-,25+,26+,27-/m1/s1. The first-order valence-corrected chi connectivity index (χ1v) is 15.4. The zero-order valence-electron chi connectivity index (χ0n) is 22.1. The minimum atomic E-state index is -4.62. The van der Waals surface area contributed by atoms with Crippen molar-refractivity contribution in [3.8, 4) is 0 Å². The van der Waals surface area contributed by atoms with Gasteiger partial charge in [-0.1, -0.05) is 20.8 Å². The molecule has 4 saturated carbocycles. The van der Waals surface area contributed by atoms with E-state index in [1.165, 1.54) is 12.8 Å². The molecule has 210 valence electrons. The van der Waals surface area contributed by atoms with Gasteiger partial charge in [-0.05, 0) is 111 Å². The average Bonchev–Trinajstić information content (AvgIpc) is 3.17. The Labute approximate surface area is 216 Å². The van der Waals surface area contributed by atoms with Crippen molar-refractivity contribution in [1.82, 2.24) is 0 Å². The van der Waals surface area contributed by atoms with Crippen molar-refractivity contribution < 1.29 is 37.6 Å². The maximum absolute atomic E-state index is 11.7. The first kappa shape index (κ1) is 28.7. The van der Waals surface area contributed by atoms with Crippen LogP contribution < -0.4 is 0 Å². The van der Waals surface area contributed by atoms with Gasteiger partial charge in [0.15, 0.2) is 0 Å². The lowest BCUT2D eigenvalue weighted by Crippen LogP contribution is -2.58. The second-order valence-electron chi connectivity index (χ2n) is 13.2. The lowest BCUT2D eigenvalue weighted by Gasteiger charge is -2.62. The number of fused-ring (bicyclic) bond motifs is 5. The molecule has 0 radical (unpaired) electrons. The second-order valence-corrected chi connectivity index (χ2v) is 14.3. The minimum absolute atomic E-state index is 0.159. The topological polar surface area (TPSA) is 145 Å². The van der Waals surface area contributed by atoms with Gasteiger partial charge in [0.2, 0.25) is 0 Å². The Hall–Kier alpha value is -0.290. The molecule has 4 fully saturated rings. The van der Waals surface area contributed by atoms with Crippen LogP contribution in [0.15, 0.2) is 0 Å². The van der Waals surface area contributed by atoms with E-state index < -0.39 is 35.6 Å². The van der Waals surface area contributed by atoms with E-state index in [0.717, 1.165) is 38.5 Å². The van der Waals surface area contributed by atoms with Crippen molar-refractivity contribution in [1.29, 1.82) is 0 Å². The van der Waals surface area contributed by atoms with Crippen LogP contribution >= 0.6 is 0 Å². The van der Waals surface area contributed by atoms with E-state index in [2.05, 4.69) is 25.0 Å². The summed E-state index contributed by atoms with van der Waals surface area (Å²) in [5.74, 6) is 1.99. The van der Waals surface area contributed by atoms with Crippen LogP contribution in [0.1, 0.15) is 85.0 Å². The van der Waals surface area contributed by atoms with Crippen LogP contribution in [-0.4, -0.2) is 64.9 Å². The van der Waals surface area contributed by atoms with Crippen molar-refractivity contribution in [2.24, 2.45) is 52.3 Å². The highest BCUT2D eigenvalue weighted by atomic mass is 32.3. The van der Waals surface area contributed by atoms with E-state index in [4.69, 9.17) is 4.55 Å². The molecule has 9 heteroatoms. The van der Waals surface area contributed by atoms with Gasteiger partial charge in [-0.15, -0.1) is 0 Å². The zero-order chi connectivity index (χ0) is 26.5. The van der Waals surface area contributed by atoms with Crippen LogP contribution in [0.25, 0.3) is 0 Å². The molecule has 0 aromatic rings. The second kappa shape index (κ2) is 10.7. The Morgan fingerprint density at radius 1 is 1.00 bits per heavy atom. The molecular weight excluding hydrogens is 484 g/mol. The molecule has 0 bridgehead atoms. The third-order valence-corrected chi connectivity index (χ3v) is 12.1. The van der Waals surface area contributed by atoms with Crippen LogP contribution in [0.3, 0.4) is 0 Å². The summed E-state index contributed by atoms with van der Waals surface area (Å²) in [5.41, 5.74) is 0.0507. The largest absolute Gasteiger partial charge is 0.397 e. The molecule has 0 heterocycles. The summed E-state index contributed by atoms with van der Waals surface area (Å²) in [6.45, 7) is 6.00. The highest BCUT2D eigenvalue weighted by Gasteiger charge is 2.63. The lowest BCUT2D eigenvalue weighted by molar-refractivity contribution is -0.175. The van der Waals surface area contributed by atoms with Gasteiger partial charge in [0.05, 0.1) is 31.5 Å². The van der Waals surface area contributed by atoms with E-state index in [9.17, 15) is 28.8 Å². The molecule has 0 aromatic heterocycles. The van der Waals surface area contributed by atoms with Crippen molar-refractivity contribution in [2.45, 2.75) is 103 Å². The van der Waals surface area contributed by atoms with Gasteiger partial charge in [-0.2, -0.15) is 8.42 Å². The SMILES string of the molecule is C[C@H](CC[C@@H](O)[C@H](CO)COS(=O)(=O)O)[C@H]1CC[C@H]2[C@@H]3CC[C@@H]4C[C@H](O)CC[C@]4(C)[C@H]3C[C@H](O)[C@]12C. The Morgan fingerprint density at radius 2 is 1.72 bits per heavy atom. The predicted molar refractivity (Wildman–Crippen MR) is 135 cm³/mol. The van der Waals surface area contributed by atoms with E-state index in [1.54, 1.807) is 0 Å². The normalized spacial score (nSPS) is 45.3. The molecule has 4 aliphatic rings. The molecule has 0 spiro atoms. The van der Waals surface area contributed by atoms with Gasteiger partial charge < -0.3 is 20.4 Å². The van der Waals surface area contributed by atoms with Crippen LogP contribution in [0.4, 0.5) is 0 Å². The van der Waals surface area contributed by atoms with Crippen LogP contribution in [-0.2, 0) is 14.6 Å². The van der Waals surface area contributed by atoms with Crippen molar-refractivity contribution in [2.75, 3.05) is 13.2 Å². The molecular formula is C27H48O8S.